The van der Waals surface area contributed by atoms with E-state index in [1.807, 2.05) is 60.7 Å². The normalized spacial score (nSPS) is 16.0. The van der Waals surface area contributed by atoms with E-state index in [1.54, 1.807) is 30.4 Å². The van der Waals surface area contributed by atoms with Crippen LogP contribution in [-0.4, -0.2) is 46.0 Å². The SMILES string of the molecule is COc1cc2nc(C3=CC=CC(Cl)[C@@H]3c3ccc(C(=O)NCC(c4ccccc4)c4ccccc4)cc3C(=O)O)[nH]c2cc1F. The van der Waals surface area contributed by atoms with Crippen molar-refractivity contribution in [1.29, 1.82) is 0 Å². The van der Waals surface area contributed by atoms with E-state index in [0.717, 1.165) is 11.1 Å². The van der Waals surface area contributed by atoms with Crippen LogP contribution in [0.3, 0.4) is 0 Å². The first-order valence-corrected chi connectivity index (χ1v) is 14.8. The second kappa shape index (κ2) is 12.8. The number of alkyl halides is 1. The molecule has 6 rings (SSSR count). The standard InChI is InChI=1S/C36H29ClFN3O4/c1-45-32-19-31-30(18-29(32)38)40-34(41-31)25-13-8-14-28(37)33(25)24-16-15-23(17-26(24)36(43)44)35(42)39-20-27(21-9-4-2-5-10-21)22-11-6-3-7-12-22/h2-19,27-28,33H,20H2,1H3,(H,39,42)(H,40,41)(H,43,44)/t28?,33-/m1/s1. The lowest BCUT2D eigenvalue weighted by Gasteiger charge is -2.27. The lowest BCUT2D eigenvalue weighted by atomic mass is 9.81. The summed E-state index contributed by atoms with van der Waals surface area (Å²) in [5.74, 6) is -2.35. The van der Waals surface area contributed by atoms with Crippen LogP contribution in [0.5, 0.6) is 5.75 Å². The maximum Gasteiger partial charge on any atom is 0.336 e. The summed E-state index contributed by atoms with van der Waals surface area (Å²) in [6, 6.07) is 27.2. The number of nitrogens with zero attached hydrogens (tertiary/aromatic N) is 1. The minimum atomic E-state index is -1.19. The Hall–Kier alpha value is -5.21. The minimum Gasteiger partial charge on any atom is -0.494 e. The van der Waals surface area contributed by atoms with Gasteiger partial charge >= 0.3 is 5.97 Å². The van der Waals surface area contributed by atoms with Crippen molar-refractivity contribution in [3.63, 3.8) is 0 Å². The van der Waals surface area contributed by atoms with E-state index in [0.29, 0.717) is 34.5 Å². The van der Waals surface area contributed by atoms with Gasteiger partial charge < -0.3 is 20.1 Å². The number of hydrogen-bond donors (Lipinski definition) is 3. The van der Waals surface area contributed by atoms with Gasteiger partial charge in [0, 0.05) is 41.6 Å². The zero-order chi connectivity index (χ0) is 31.5. The number of carboxylic acid groups (broad SMARTS) is 1. The molecule has 226 valence electrons. The van der Waals surface area contributed by atoms with Crippen LogP contribution < -0.4 is 10.1 Å². The van der Waals surface area contributed by atoms with Gasteiger partial charge in [-0.15, -0.1) is 11.6 Å². The number of allylic oxidation sites excluding steroid dienone is 4. The third-order valence-corrected chi connectivity index (χ3v) is 8.40. The summed E-state index contributed by atoms with van der Waals surface area (Å²) >= 11 is 6.79. The Balaban J connectivity index is 1.30. The van der Waals surface area contributed by atoms with E-state index in [2.05, 4.69) is 15.3 Å². The van der Waals surface area contributed by atoms with E-state index in [1.165, 1.54) is 25.3 Å². The number of carbonyl (C=O) groups is 2. The molecule has 45 heavy (non-hydrogen) atoms. The molecule has 1 unspecified atom stereocenters. The maximum atomic E-state index is 14.4. The first kappa shape index (κ1) is 29.8. The topological polar surface area (TPSA) is 104 Å². The van der Waals surface area contributed by atoms with Crippen molar-refractivity contribution in [2.24, 2.45) is 0 Å². The number of rotatable bonds is 9. The quantitative estimate of drug-likeness (QED) is 0.150. The molecule has 1 heterocycles. The van der Waals surface area contributed by atoms with Crippen molar-refractivity contribution in [3.05, 3.63) is 149 Å². The number of aromatic nitrogens is 2. The van der Waals surface area contributed by atoms with Gasteiger partial charge in [-0.25, -0.2) is 14.2 Å². The molecule has 3 N–H and O–H groups in total. The summed E-state index contributed by atoms with van der Waals surface area (Å²) in [6.45, 7) is 0.318. The molecule has 1 aliphatic carbocycles. The van der Waals surface area contributed by atoms with Gasteiger partial charge in [-0.3, -0.25) is 4.79 Å². The predicted molar refractivity (Wildman–Crippen MR) is 173 cm³/mol. The molecule has 0 saturated heterocycles. The third-order valence-electron chi connectivity index (χ3n) is 8.00. The Kier molecular flexibility index (Phi) is 8.49. The van der Waals surface area contributed by atoms with E-state index in [-0.39, 0.29) is 22.8 Å². The van der Waals surface area contributed by atoms with E-state index >= 15 is 0 Å². The number of imidazole rings is 1. The number of halogens is 2. The van der Waals surface area contributed by atoms with E-state index in [9.17, 15) is 19.1 Å². The number of ether oxygens (including phenoxy) is 1. The van der Waals surface area contributed by atoms with Gasteiger partial charge in [0.25, 0.3) is 5.91 Å². The Morgan fingerprint density at radius 3 is 2.36 bits per heavy atom. The Morgan fingerprint density at radius 2 is 1.71 bits per heavy atom. The maximum absolute atomic E-state index is 14.4. The van der Waals surface area contributed by atoms with Gasteiger partial charge in [-0.2, -0.15) is 0 Å². The first-order valence-electron chi connectivity index (χ1n) is 14.4. The molecule has 0 radical (unpaired) electrons. The number of methoxy groups -OCH3 is 1. The van der Waals surface area contributed by atoms with Crippen molar-refractivity contribution in [1.82, 2.24) is 15.3 Å². The largest absolute Gasteiger partial charge is 0.494 e. The number of nitrogens with one attached hydrogen (secondary N) is 2. The molecule has 0 saturated carbocycles. The van der Waals surface area contributed by atoms with Crippen molar-refractivity contribution >= 4 is 40.1 Å². The molecule has 0 bridgehead atoms. The number of aromatic amines is 1. The number of fused-ring (bicyclic) bond motifs is 1. The van der Waals surface area contributed by atoms with Crippen LogP contribution in [-0.2, 0) is 0 Å². The molecule has 0 spiro atoms. The van der Waals surface area contributed by atoms with Crippen molar-refractivity contribution in [3.8, 4) is 5.75 Å². The molecule has 7 nitrogen and oxygen atoms in total. The van der Waals surface area contributed by atoms with Crippen molar-refractivity contribution in [2.75, 3.05) is 13.7 Å². The lowest BCUT2D eigenvalue weighted by Crippen LogP contribution is -2.29. The molecule has 1 amide bonds. The number of aromatic carboxylic acids is 1. The summed E-state index contributed by atoms with van der Waals surface area (Å²) in [5.41, 5.74) is 4.25. The molecular weight excluding hydrogens is 593 g/mol. The van der Waals surface area contributed by atoms with Crippen molar-refractivity contribution < 1.29 is 23.8 Å². The fourth-order valence-corrected chi connectivity index (χ4v) is 6.13. The molecule has 4 aromatic carbocycles. The van der Waals surface area contributed by atoms with E-state index < -0.39 is 29.0 Å². The Morgan fingerprint density at radius 1 is 1.02 bits per heavy atom. The van der Waals surface area contributed by atoms with E-state index in [4.69, 9.17) is 16.3 Å². The summed E-state index contributed by atoms with van der Waals surface area (Å²) in [4.78, 5) is 33.7. The van der Waals surface area contributed by atoms with Crippen LogP contribution in [0, 0.1) is 5.82 Å². The highest BCUT2D eigenvalue weighted by Crippen LogP contribution is 2.42. The van der Waals surface area contributed by atoms with Crippen molar-refractivity contribution in [2.45, 2.75) is 17.2 Å². The van der Waals surface area contributed by atoms with Crippen LogP contribution in [0.25, 0.3) is 16.6 Å². The van der Waals surface area contributed by atoms with Gasteiger partial charge in [-0.05, 0) is 28.8 Å². The molecule has 0 fully saturated rings. The predicted octanol–water partition coefficient (Wildman–Crippen LogP) is 7.32. The Labute approximate surface area is 264 Å². The average Bonchev–Trinajstić information content (AvgIpc) is 3.47. The van der Waals surface area contributed by atoms with Gasteiger partial charge in [0.1, 0.15) is 5.82 Å². The summed E-state index contributed by atoms with van der Waals surface area (Å²) in [5, 5.41) is 12.7. The molecular formula is C36H29ClFN3O4. The fourth-order valence-electron chi connectivity index (χ4n) is 5.77. The number of benzene rings is 4. The van der Waals surface area contributed by atoms with Gasteiger partial charge in [0.05, 0.1) is 29.1 Å². The molecule has 2 atom stereocenters. The number of hydrogen-bond acceptors (Lipinski definition) is 4. The summed E-state index contributed by atoms with van der Waals surface area (Å²) in [6.07, 6.45) is 5.34. The van der Waals surface area contributed by atoms with Crippen LogP contribution >= 0.6 is 11.6 Å². The van der Waals surface area contributed by atoms with Gasteiger partial charge in [0.2, 0.25) is 0 Å². The van der Waals surface area contributed by atoms with Crippen LogP contribution in [0.1, 0.15) is 55.1 Å². The Bertz CT molecular complexity index is 1900. The van der Waals surface area contributed by atoms with Crippen LogP contribution in [0.15, 0.2) is 109 Å². The number of carbonyl (C=O) groups excluding carboxylic acids is 1. The second-order valence-electron chi connectivity index (χ2n) is 10.7. The third kappa shape index (κ3) is 6.10. The molecule has 1 aromatic heterocycles. The first-order chi connectivity index (χ1) is 21.8. The molecule has 0 aliphatic heterocycles. The summed E-state index contributed by atoms with van der Waals surface area (Å²) in [7, 11) is 1.38. The molecule has 5 aromatic rings. The highest BCUT2D eigenvalue weighted by atomic mass is 35.5. The molecule has 1 aliphatic rings. The van der Waals surface area contributed by atoms with Gasteiger partial charge in [0.15, 0.2) is 11.6 Å². The van der Waals surface area contributed by atoms with Crippen LogP contribution in [0.4, 0.5) is 4.39 Å². The second-order valence-corrected chi connectivity index (χ2v) is 11.2. The molecule has 9 heteroatoms. The van der Waals surface area contributed by atoms with Gasteiger partial charge in [-0.1, -0.05) is 85.0 Å². The zero-order valence-electron chi connectivity index (χ0n) is 24.2. The fraction of sp³-hybridized carbons (Fsp3) is 0.139. The number of H-pyrrole nitrogens is 1. The number of carboxylic acids is 1. The highest BCUT2D eigenvalue weighted by Gasteiger charge is 2.32. The smallest absolute Gasteiger partial charge is 0.336 e. The zero-order valence-corrected chi connectivity index (χ0v) is 25.0. The van der Waals surface area contributed by atoms with Crippen LogP contribution in [0.2, 0.25) is 0 Å². The number of amides is 1. The lowest BCUT2D eigenvalue weighted by molar-refractivity contribution is 0.0695. The minimum absolute atomic E-state index is 0.0500. The average molecular weight is 622 g/mol. The highest BCUT2D eigenvalue weighted by molar-refractivity contribution is 6.23. The summed E-state index contributed by atoms with van der Waals surface area (Å²) < 4.78 is 19.5. The monoisotopic (exact) mass is 621 g/mol.